The minimum Gasteiger partial charge on any atom is -0.506 e. The summed E-state index contributed by atoms with van der Waals surface area (Å²) in [6, 6.07) is 12.4. The molecule has 4 nitrogen and oxygen atoms in total. The highest BCUT2D eigenvalue weighted by molar-refractivity contribution is 6.32. The summed E-state index contributed by atoms with van der Waals surface area (Å²) in [5, 5.41) is 12.9. The fourth-order valence-electron chi connectivity index (χ4n) is 1.88. The molecule has 0 aromatic heterocycles. The topological polar surface area (TPSA) is 52.6 Å². The number of halogens is 1. The van der Waals surface area contributed by atoms with Gasteiger partial charge in [-0.15, -0.1) is 0 Å². The molecule has 110 valence electrons. The van der Waals surface area contributed by atoms with Gasteiger partial charge in [-0.2, -0.15) is 0 Å². The zero-order chi connectivity index (χ0) is 15.4. The number of amides is 1. The van der Waals surface area contributed by atoms with Crippen molar-refractivity contribution < 1.29 is 9.90 Å². The van der Waals surface area contributed by atoms with Crippen molar-refractivity contribution in [1.82, 2.24) is 4.90 Å². The van der Waals surface area contributed by atoms with Crippen LogP contribution in [0.25, 0.3) is 0 Å². The molecule has 0 spiro atoms. The van der Waals surface area contributed by atoms with Gasteiger partial charge in [0.1, 0.15) is 5.75 Å². The average Bonchev–Trinajstić information content (AvgIpc) is 2.48. The van der Waals surface area contributed by atoms with Crippen molar-refractivity contribution in [1.29, 1.82) is 0 Å². The van der Waals surface area contributed by atoms with Crippen molar-refractivity contribution in [3.8, 4) is 5.75 Å². The van der Waals surface area contributed by atoms with E-state index in [2.05, 4.69) is 5.32 Å². The molecule has 0 fully saturated rings. The van der Waals surface area contributed by atoms with E-state index in [0.717, 1.165) is 11.3 Å². The minimum absolute atomic E-state index is 0.0358. The van der Waals surface area contributed by atoms with Crippen LogP contribution in [-0.2, 0) is 6.54 Å². The van der Waals surface area contributed by atoms with Crippen molar-refractivity contribution in [2.24, 2.45) is 0 Å². The lowest BCUT2D eigenvalue weighted by Gasteiger charge is -2.12. The number of aromatic hydroxyl groups is 1. The molecule has 0 heterocycles. The molecule has 0 aliphatic carbocycles. The number of anilines is 1. The third-order valence-electron chi connectivity index (χ3n) is 3.02. The van der Waals surface area contributed by atoms with Gasteiger partial charge in [-0.3, -0.25) is 4.79 Å². The molecular formula is C16H17ClN2O2. The number of hydrogen-bond donors (Lipinski definition) is 2. The van der Waals surface area contributed by atoms with Crippen LogP contribution in [-0.4, -0.2) is 30.0 Å². The molecule has 21 heavy (non-hydrogen) atoms. The number of phenolic OH excluding ortho intramolecular Hbond substituents is 1. The molecule has 0 unspecified atom stereocenters. The van der Waals surface area contributed by atoms with Gasteiger partial charge in [0.05, 0.1) is 5.02 Å². The fraction of sp³-hybridized carbons (Fsp3) is 0.188. The summed E-state index contributed by atoms with van der Waals surface area (Å²) in [5.41, 5.74) is 2.43. The van der Waals surface area contributed by atoms with E-state index in [1.165, 1.54) is 0 Å². The summed E-state index contributed by atoms with van der Waals surface area (Å²) in [5.74, 6) is 0.0327. The normalized spacial score (nSPS) is 10.2. The Kier molecular flexibility index (Phi) is 4.70. The molecule has 2 aromatic rings. The molecule has 0 bridgehead atoms. The Balaban J connectivity index is 2.08. The maximum absolute atomic E-state index is 11.9. The Morgan fingerprint density at radius 1 is 1.24 bits per heavy atom. The second kappa shape index (κ2) is 6.50. The smallest absolute Gasteiger partial charge is 0.253 e. The largest absolute Gasteiger partial charge is 0.506 e. The van der Waals surface area contributed by atoms with Crippen molar-refractivity contribution in [2.45, 2.75) is 6.54 Å². The van der Waals surface area contributed by atoms with Crippen LogP contribution in [0.1, 0.15) is 15.9 Å². The van der Waals surface area contributed by atoms with E-state index in [1.807, 2.05) is 18.2 Å². The SMILES string of the molecule is CN(C)C(=O)c1cccc(NCc2ccc(O)c(Cl)c2)c1. The Morgan fingerprint density at radius 3 is 2.67 bits per heavy atom. The number of nitrogens with one attached hydrogen (secondary N) is 1. The number of carbonyl (C=O) groups excluding carboxylic acids is 1. The van der Waals surface area contributed by atoms with Gasteiger partial charge in [-0.25, -0.2) is 0 Å². The van der Waals surface area contributed by atoms with Gasteiger partial charge in [-0.1, -0.05) is 23.7 Å². The second-order valence-corrected chi connectivity index (χ2v) is 5.33. The van der Waals surface area contributed by atoms with Crippen molar-refractivity contribution in [3.05, 3.63) is 58.6 Å². The molecule has 2 rings (SSSR count). The van der Waals surface area contributed by atoms with Crippen LogP contribution in [0.4, 0.5) is 5.69 Å². The molecule has 0 aliphatic rings. The minimum atomic E-state index is -0.0358. The highest BCUT2D eigenvalue weighted by Crippen LogP contribution is 2.24. The highest BCUT2D eigenvalue weighted by Gasteiger charge is 2.08. The first-order chi connectivity index (χ1) is 9.97. The van der Waals surface area contributed by atoms with E-state index in [1.54, 1.807) is 43.3 Å². The number of rotatable bonds is 4. The second-order valence-electron chi connectivity index (χ2n) is 4.92. The van der Waals surface area contributed by atoms with Crippen LogP contribution in [0, 0.1) is 0 Å². The maximum atomic E-state index is 11.9. The van der Waals surface area contributed by atoms with E-state index in [9.17, 15) is 9.90 Å². The molecule has 0 saturated heterocycles. The maximum Gasteiger partial charge on any atom is 0.253 e. The zero-order valence-corrected chi connectivity index (χ0v) is 12.7. The van der Waals surface area contributed by atoms with E-state index in [-0.39, 0.29) is 11.7 Å². The number of benzene rings is 2. The molecule has 0 atom stereocenters. The predicted octanol–water partition coefficient (Wildman–Crippen LogP) is 3.36. The van der Waals surface area contributed by atoms with Gasteiger partial charge in [0.2, 0.25) is 0 Å². The summed E-state index contributed by atoms with van der Waals surface area (Å²) in [6.45, 7) is 0.555. The van der Waals surface area contributed by atoms with Gasteiger partial charge in [-0.05, 0) is 35.9 Å². The number of nitrogens with zero attached hydrogens (tertiary/aromatic N) is 1. The van der Waals surface area contributed by atoms with Gasteiger partial charge in [0, 0.05) is 31.9 Å². The Morgan fingerprint density at radius 2 is 2.00 bits per heavy atom. The lowest BCUT2D eigenvalue weighted by atomic mass is 10.1. The van der Waals surface area contributed by atoms with Crippen molar-refractivity contribution in [3.63, 3.8) is 0 Å². The Labute approximate surface area is 129 Å². The zero-order valence-electron chi connectivity index (χ0n) is 11.9. The van der Waals surface area contributed by atoms with Gasteiger partial charge in [0.15, 0.2) is 0 Å². The predicted molar refractivity (Wildman–Crippen MR) is 84.9 cm³/mol. The van der Waals surface area contributed by atoms with E-state index in [0.29, 0.717) is 17.1 Å². The quantitative estimate of drug-likeness (QED) is 0.910. The van der Waals surface area contributed by atoms with Crippen LogP contribution in [0.3, 0.4) is 0 Å². The number of phenols is 1. The Hall–Kier alpha value is -2.20. The summed E-state index contributed by atoms with van der Waals surface area (Å²) < 4.78 is 0. The standard InChI is InChI=1S/C16H17ClN2O2/c1-19(2)16(21)12-4-3-5-13(9-12)18-10-11-6-7-15(20)14(17)8-11/h3-9,18,20H,10H2,1-2H3. The molecule has 0 saturated carbocycles. The number of carbonyl (C=O) groups is 1. The monoisotopic (exact) mass is 304 g/mol. The van der Waals surface area contributed by atoms with Gasteiger partial charge < -0.3 is 15.3 Å². The van der Waals surface area contributed by atoms with Crippen molar-refractivity contribution in [2.75, 3.05) is 19.4 Å². The first kappa shape index (κ1) is 15.2. The third-order valence-corrected chi connectivity index (χ3v) is 3.33. The molecule has 2 aromatic carbocycles. The molecule has 2 N–H and O–H groups in total. The van der Waals surface area contributed by atoms with Crippen LogP contribution in [0.15, 0.2) is 42.5 Å². The van der Waals surface area contributed by atoms with Crippen LogP contribution >= 0.6 is 11.6 Å². The molecule has 0 radical (unpaired) electrons. The van der Waals surface area contributed by atoms with Gasteiger partial charge in [0.25, 0.3) is 5.91 Å². The summed E-state index contributed by atoms with van der Waals surface area (Å²) >= 11 is 5.87. The van der Waals surface area contributed by atoms with Crippen molar-refractivity contribution >= 4 is 23.2 Å². The summed E-state index contributed by atoms with van der Waals surface area (Å²) in [7, 11) is 3.45. The molecule has 1 amide bonds. The lowest BCUT2D eigenvalue weighted by Crippen LogP contribution is -2.21. The highest BCUT2D eigenvalue weighted by atomic mass is 35.5. The Bertz CT molecular complexity index is 656. The third kappa shape index (κ3) is 3.89. The molecule has 0 aliphatic heterocycles. The van der Waals surface area contributed by atoms with Crippen LogP contribution in [0.2, 0.25) is 5.02 Å². The fourth-order valence-corrected chi connectivity index (χ4v) is 2.09. The first-order valence-electron chi connectivity index (χ1n) is 6.50. The summed E-state index contributed by atoms with van der Waals surface area (Å²) in [4.78, 5) is 13.4. The molecule has 5 heteroatoms. The molecular weight excluding hydrogens is 288 g/mol. The van der Waals surface area contributed by atoms with E-state index >= 15 is 0 Å². The first-order valence-corrected chi connectivity index (χ1v) is 6.88. The van der Waals surface area contributed by atoms with Gasteiger partial charge >= 0.3 is 0 Å². The van der Waals surface area contributed by atoms with E-state index in [4.69, 9.17) is 11.6 Å². The van der Waals surface area contributed by atoms with E-state index < -0.39 is 0 Å². The van der Waals surface area contributed by atoms with Crippen LogP contribution in [0.5, 0.6) is 5.75 Å². The lowest BCUT2D eigenvalue weighted by molar-refractivity contribution is 0.0827. The summed E-state index contributed by atoms with van der Waals surface area (Å²) in [6.07, 6.45) is 0. The average molecular weight is 305 g/mol. The van der Waals surface area contributed by atoms with Crippen LogP contribution < -0.4 is 5.32 Å². The number of hydrogen-bond acceptors (Lipinski definition) is 3.